The Kier molecular flexibility index (Phi) is 3.91. The van der Waals surface area contributed by atoms with E-state index in [9.17, 15) is 4.79 Å². The summed E-state index contributed by atoms with van der Waals surface area (Å²) in [6.07, 6.45) is 3.02. The Morgan fingerprint density at radius 3 is 2.81 bits per heavy atom. The topological polar surface area (TPSA) is 35.5 Å². The van der Waals surface area contributed by atoms with Crippen molar-refractivity contribution in [2.24, 2.45) is 0 Å². The van der Waals surface area contributed by atoms with Gasteiger partial charge in [-0.15, -0.1) is 0 Å². The first-order valence-electron chi connectivity index (χ1n) is 7.18. The average Bonchev–Trinajstić information content (AvgIpc) is 2.95. The maximum atomic E-state index is 11.5. The lowest BCUT2D eigenvalue weighted by molar-refractivity contribution is 0.0600. The average molecular weight is 282 g/mol. The second kappa shape index (κ2) is 6.00. The highest BCUT2D eigenvalue weighted by Gasteiger charge is 2.23. The summed E-state index contributed by atoms with van der Waals surface area (Å²) in [5.41, 5.74) is 3.01. The highest BCUT2D eigenvalue weighted by Crippen LogP contribution is 2.31. The Bertz CT molecular complexity index is 634. The van der Waals surface area contributed by atoms with Gasteiger partial charge in [0.2, 0.25) is 0 Å². The highest BCUT2D eigenvalue weighted by atomic mass is 16.5. The summed E-state index contributed by atoms with van der Waals surface area (Å²) in [5.74, 6) is 0.589. The summed E-state index contributed by atoms with van der Waals surface area (Å²) in [4.78, 5) is 11.5. The molecule has 0 saturated carbocycles. The Morgan fingerprint density at radius 1 is 1.24 bits per heavy atom. The minimum absolute atomic E-state index is 0.188. The predicted molar refractivity (Wildman–Crippen MR) is 80.7 cm³/mol. The van der Waals surface area contributed by atoms with Crippen LogP contribution in [0.5, 0.6) is 5.75 Å². The molecule has 3 heteroatoms. The third kappa shape index (κ3) is 3.07. The molecule has 1 aliphatic rings. The zero-order valence-corrected chi connectivity index (χ0v) is 12.0. The van der Waals surface area contributed by atoms with Gasteiger partial charge < -0.3 is 9.47 Å². The van der Waals surface area contributed by atoms with E-state index in [1.807, 2.05) is 18.2 Å². The fraction of sp³-hybridized carbons (Fsp3) is 0.278. The number of ether oxygens (including phenoxy) is 2. The molecule has 0 amide bonds. The van der Waals surface area contributed by atoms with Crippen LogP contribution in [0.25, 0.3) is 0 Å². The smallest absolute Gasteiger partial charge is 0.337 e. The van der Waals surface area contributed by atoms with E-state index in [2.05, 4.69) is 24.3 Å². The molecule has 1 atom stereocenters. The van der Waals surface area contributed by atoms with E-state index in [0.717, 1.165) is 30.6 Å². The van der Waals surface area contributed by atoms with Gasteiger partial charge in [-0.05, 0) is 42.2 Å². The summed E-state index contributed by atoms with van der Waals surface area (Å²) in [6, 6.07) is 15.9. The largest absolute Gasteiger partial charge is 0.490 e. The van der Waals surface area contributed by atoms with Crippen LogP contribution in [0, 0.1) is 0 Å². The molecule has 0 spiro atoms. The van der Waals surface area contributed by atoms with Gasteiger partial charge in [-0.2, -0.15) is 0 Å². The lowest BCUT2D eigenvalue weighted by Crippen LogP contribution is -2.13. The highest BCUT2D eigenvalue weighted by molar-refractivity contribution is 5.89. The maximum Gasteiger partial charge on any atom is 0.337 e. The molecular weight excluding hydrogens is 264 g/mol. The minimum Gasteiger partial charge on any atom is -0.490 e. The van der Waals surface area contributed by atoms with Crippen molar-refractivity contribution >= 4 is 5.97 Å². The van der Waals surface area contributed by atoms with E-state index in [1.165, 1.54) is 12.7 Å². The third-order valence-corrected chi connectivity index (χ3v) is 3.82. The Hall–Kier alpha value is -2.29. The molecule has 0 fully saturated rings. The van der Waals surface area contributed by atoms with Crippen LogP contribution >= 0.6 is 0 Å². The van der Waals surface area contributed by atoms with Gasteiger partial charge in [-0.25, -0.2) is 4.79 Å². The quantitative estimate of drug-likeness (QED) is 0.806. The van der Waals surface area contributed by atoms with Crippen molar-refractivity contribution in [2.45, 2.75) is 25.4 Å². The van der Waals surface area contributed by atoms with Gasteiger partial charge >= 0.3 is 5.97 Å². The lowest BCUT2D eigenvalue weighted by atomic mass is 10.0. The molecule has 0 N–H and O–H groups in total. The Balaban J connectivity index is 1.63. The van der Waals surface area contributed by atoms with E-state index in [4.69, 9.17) is 9.47 Å². The fourth-order valence-electron chi connectivity index (χ4n) is 2.70. The van der Waals surface area contributed by atoms with Crippen LogP contribution < -0.4 is 4.74 Å². The standard InChI is InChI=1S/C18H18O3/c1-20-18(19)14-8-10-17-15(11-14)12-16(21-17)9-7-13-5-3-2-4-6-13/h2-6,8,10-11,16H,7,9,12H2,1H3. The Morgan fingerprint density at radius 2 is 2.05 bits per heavy atom. The molecule has 2 aromatic rings. The van der Waals surface area contributed by atoms with Crippen molar-refractivity contribution in [3.63, 3.8) is 0 Å². The predicted octanol–water partition coefficient (Wildman–Crippen LogP) is 3.41. The van der Waals surface area contributed by atoms with Gasteiger partial charge in [-0.1, -0.05) is 30.3 Å². The zero-order chi connectivity index (χ0) is 14.7. The van der Waals surface area contributed by atoms with Crippen LogP contribution in [0.2, 0.25) is 0 Å². The first-order valence-corrected chi connectivity index (χ1v) is 7.18. The normalized spacial score (nSPS) is 16.1. The third-order valence-electron chi connectivity index (χ3n) is 3.82. The van der Waals surface area contributed by atoms with Crippen molar-refractivity contribution in [1.29, 1.82) is 0 Å². The number of hydrogen-bond acceptors (Lipinski definition) is 3. The van der Waals surface area contributed by atoms with Crippen LogP contribution in [0.15, 0.2) is 48.5 Å². The van der Waals surface area contributed by atoms with Crippen LogP contribution in [0.4, 0.5) is 0 Å². The van der Waals surface area contributed by atoms with E-state index < -0.39 is 0 Å². The number of carbonyl (C=O) groups excluding carboxylic acids is 1. The van der Waals surface area contributed by atoms with Crippen molar-refractivity contribution in [3.05, 3.63) is 65.2 Å². The minimum atomic E-state index is -0.300. The molecular formula is C18H18O3. The SMILES string of the molecule is COC(=O)c1ccc2c(c1)CC(CCc1ccccc1)O2. The van der Waals surface area contributed by atoms with Gasteiger partial charge in [0.15, 0.2) is 0 Å². The number of fused-ring (bicyclic) bond motifs is 1. The number of benzene rings is 2. The van der Waals surface area contributed by atoms with E-state index in [0.29, 0.717) is 5.56 Å². The summed E-state index contributed by atoms with van der Waals surface area (Å²) >= 11 is 0. The molecule has 0 aromatic heterocycles. The van der Waals surface area contributed by atoms with Crippen molar-refractivity contribution in [1.82, 2.24) is 0 Å². The van der Waals surface area contributed by atoms with Crippen LogP contribution in [0.3, 0.4) is 0 Å². The molecule has 1 unspecified atom stereocenters. The Labute approximate surface area is 124 Å². The first kappa shape index (κ1) is 13.7. The molecule has 2 aromatic carbocycles. The van der Waals surface area contributed by atoms with Crippen LogP contribution in [0.1, 0.15) is 27.9 Å². The zero-order valence-electron chi connectivity index (χ0n) is 12.0. The second-order valence-corrected chi connectivity index (χ2v) is 5.28. The molecule has 0 radical (unpaired) electrons. The molecule has 21 heavy (non-hydrogen) atoms. The second-order valence-electron chi connectivity index (χ2n) is 5.28. The summed E-state index contributed by atoms with van der Waals surface area (Å²) < 4.78 is 10.7. The van der Waals surface area contributed by atoms with Gasteiger partial charge in [0, 0.05) is 6.42 Å². The molecule has 108 valence electrons. The van der Waals surface area contributed by atoms with Gasteiger partial charge in [-0.3, -0.25) is 0 Å². The molecule has 0 bridgehead atoms. The molecule has 3 rings (SSSR count). The maximum absolute atomic E-state index is 11.5. The van der Waals surface area contributed by atoms with Crippen molar-refractivity contribution < 1.29 is 14.3 Å². The molecule has 3 nitrogen and oxygen atoms in total. The molecule has 0 saturated heterocycles. The lowest BCUT2D eigenvalue weighted by Gasteiger charge is -2.10. The first-order chi connectivity index (χ1) is 10.3. The van der Waals surface area contributed by atoms with Crippen molar-refractivity contribution in [2.75, 3.05) is 7.11 Å². The summed E-state index contributed by atoms with van der Waals surface area (Å²) in [6.45, 7) is 0. The van der Waals surface area contributed by atoms with Gasteiger partial charge in [0.25, 0.3) is 0 Å². The number of methoxy groups -OCH3 is 1. The van der Waals surface area contributed by atoms with E-state index in [-0.39, 0.29) is 12.1 Å². The number of aryl methyl sites for hydroxylation is 1. The van der Waals surface area contributed by atoms with Gasteiger partial charge in [0.1, 0.15) is 11.9 Å². The number of esters is 1. The summed E-state index contributed by atoms with van der Waals surface area (Å²) in [5, 5.41) is 0. The van der Waals surface area contributed by atoms with Crippen LogP contribution in [-0.2, 0) is 17.6 Å². The number of carbonyl (C=O) groups is 1. The molecule has 0 aliphatic carbocycles. The molecule has 1 heterocycles. The summed E-state index contributed by atoms with van der Waals surface area (Å²) in [7, 11) is 1.40. The fourth-order valence-corrected chi connectivity index (χ4v) is 2.70. The van der Waals surface area contributed by atoms with Gasteiger partial charge in [0.05, 0.1) is 12.7 Å². The number of rotatable bonds is 4. The van der Waals surface area contributed by atoms with E-state index in [1.54, 1.807) is 6.07 Å². The monoisotopic (exact) mass is 282 g/mol. The number of hydrogen-bond donors (Lipinski definition) is 0. The van der Waals surface area contributed by atoms with Crippen molar-refractivity contribution in [3.8, 4) is 5.75 Å². The molecule has 1 aliphatic heterocycles. The van der Waals surface area contributed by atoms with E-state index >= 15 is 0 Å². The van der Waals surface area contributed by atoms with Crippen LogP contribution in [-0.4, -0.2) is 19.2 Å².